The van der Waals surface area contributed by atoms with Crippen LogP contribution in [0, 0.1) is 13.8 Å². The summed E-state index contributed by atoms with van der Waals surface area (Å²) < 4.78 is 5.47. The van der Waals surface area contributed by atoms with Crippen molar-refractivity contribution in [3.8, 4) is 27.4 Å². The number of nitrogen functional groups attached to an aromatic ring is 1. The summed E-state index contributed by atoms with van der Waals surface area (Å²) in [5, 5.41) is 8.17. The molecule has 0 unspecified atom stereocenters. The van der Waals surface area contributed by atoms with Crippen LogP contribution in [0.4, 0.5) is 5.82 Å². The third-order valence-corrected chi connectivity index (χ3v) is 4.22. The van der Waals surface area contributed by atoms with E-state index in [0.29, 0.717) is 5.82 Å². The van der Waals surface area contributed by atoms with Gasteiger partial charge in [0.25, 0.3) is 0 Å². The molecule has 3 aromatic rings. The normalized spacial score (nSPS) is 10.8. The molecule has 0 aliphatic rings. The fourth-order valence-corrected chi connectivity index (χ4v) is 3.08. The van der Waals surface area contributed by atoms with Crippen LogP contribution in [0.5, 0.6) is 5.75 Å². The van der Waals surface area contributed by atoms with E-state index in [-0.39, 0.29) is 0 Å². The van der Waals surface area contributed by atoms with Crippen molar-refractivity contribution in [2.45, 2.75) is 13.8 Å². The van der Waals surface area contributed by atoms with E-state index >= 15 is 0 Å². The summed E-state index contributed by atoms with van der Waals surface area (Å²) in [6.07, 6.45) is 1.83. The molecule has 108 valence electrons. The van der Waals surface area contributed by atoms with Crippen molar-refractivity contribution >= 4 is 17.2 Å². The highest BCUT2D eigenvalue weighted by molar-refractivity contribution is 7.15. The fraction of sp³-hybridized carbons (Fsp3) is 0.200. The maximum Gasteiger partial charge on any atom is 0.153 e. The number of hydrogen-bond donors (Lipinski definition) is 2. The molecule has 0 spiro atoms. The molecule has 0 radical (unpaired) electrons. The predicted octanol–water partition coefficient (Wildman–Crippen LogP) is 3.41. The number of ether oxygens (including phenoxy) is 1. The molecule has 0 saturated carbocycles. The number of anilines is 1. The van der Waals surface area contributed by atoms with Gasteiger partial charge in [-0.3, -0.25) is 5.10 Å². The van der Waals surface area contributed by atoms with E-state index in [2.05, 4.69) is 21.2 Å². The number of nitrogens with two attached hydrogens (primary N) is 1. The minimum absolute atomic E-state index is 0.458. The zero-order valence-electron chi connectivity index (χ0n) is 12.1. The molecule has 3 N–H and O–H groups in total. The summed E-state index contributed by atoms with van der Waals surface area (Å²) in [6.45, 7) is 4.01. The predicted molar refractivity (Wildman–Crippen MR) is 85.6 cm³/mol. The van der Waals surface area contributed by atoms with E-state index in [0.717, 1.165) is 38.0 Å². The fourth-order valence-electron chi connectivity index (χ4n) is 2.30. The molecule has 0 aliphatic carbocycles. The van der Waals surface area contributed by atoms with Gasteiger partial charge in [-0.25, -0.2) is 4.98 Å². The monoisotopic (exact) mass is 300 g/mol. The van der Waals surface area contributed by atoms with Crippen LogP contribution in [0.15, 0.2) is 24.4 Å². The van der Waals surface area contributed by atoms with Crippen LogP contribution in [0.3, 0.4) is 0 Å². The Kier molecular flexibility index (Phi) is 3.39. The highest BCUT2D eigenvalue weighted by atomic mass is 32.1. The van der Waals surface area contributed by atoms with Crippen LogP contribution in [0.1, 0.15) is 10.6 Å². The molecule has 0 bridgehead atoms. The molecule has 3 rings (SSSR count). The third-order valence-electron chi connectivity index (χ3n) is 3.29. The van der Waals surface area contributed by atoms with Gasteiger partial charge in [0, 0.05) is 11.8 Å². The Bertz CT molecular complexity index is 791. The first-order valence-corrected chi connectivity index (χ1v) is 7.33. The van der Waals surface area contributed by atoms with Gasteiger partial charge in [-0.1, -0.05) is 11.6 Å². The van der Waals surface area contributed by atoms with Crippen molar-refractivity contribution in [2.24, 2.45) is 0 Å². The van der Waals surface area contributed by atoms with Gasteiger partial charge in [0.15, 0.2) is 5.82 Å². The number of thiazole rings is 1. The summed E-state index contributed by atoms with van der Waals surface area (Å²) in [5.74, 6) is 1.23. The summed E-state index contributed by atoms with van der Waals surface area (Å²) in [5.41, 5.74) is 9.89. The topological polar surface area (TPSA) is 76.8 Å². The molecule has 0 saturated heterocycles. The van der Waals surface area contributed by atoms with Crippen molar-refractivity contribution in [3.05, 3.63) is 35.0 Å². The molecular formula is C15H16N4OS. The van der Waals surface area contributed by atoms with Gasteiger partial charge in [-0.2, -0.15) is 5.10 Å². The molecule has 21 heavy (non-hydrogen) atoms. The molecule has 2 heterocycles. The number of hydrogen-bond acceptors (Lipinski definition) is 5. The number of aryl methyl sites for hydroxylation is 2. The van der Waals surface area contributed by atoms with Gasteiger partial charge < -0.3 is 10.5 Å². The van der Waals surface area contributed by atoms with Crippen molar-refractivity contribution in [2.75, 3.05) is 12.8 Å². The van der Waals surface area contributed by atoms with Gasteiger partial charge in [0.05, 0.1) is 28.3 Å². The first kappa shape index (κ1) is 13.6. The van der Waals surface area contributed by atoms with Gasteiger partial charge >= 0.3 is 0 Å². The smallest absolute Gasteiger partial charge is 0.153 e. The van der Waals surface area contributed by atoms with Crippen LogP contribution < -0.4 is 10.5 Å². The standard InChI is InChI=1S/C15H16N4OS/c1-8-4-5-11(20-3)10(6-8)13-14(18-19-15(13)16)12-7-17-9(2)21-12/h4-7H,1-3H3,(H3,16,18,19). The Morgan fingerprint density at radius 3 is 2.76 bits per heavy atom. The molecule has 0 fully saturated rings. The van der Waals surface area contributed by atoms with E-state index in [1.54, 1.807) is 18.4 Å². The van der Waals surface area contributed by atoms with Crippen LogP contribution in [0.2, 0.25) is 0 Å². The molecule has 6 heteroatoms. The van der Waals surface area contributed by atoms with Crippen LogP contribution >= 0.6 is 11.3 Å². The van der Waals surface area contributed by atoms with Gasteiger partial charge in [-0.05, 0) is 26.0 Å². The quantitative estimate of drug-likeness (QED) is 0.777. The highest BCUT2D eigenvalue weighted by Crippen LogP contribution is 2.41. The molecule has 0 amide bonds. The summed E-state index contributed by atoms with van der Waals surface area (Å²) >= 11 is 1.60. The van der Waals surface area contributed by atoms with Crippen molar-refractivity contribution in [3.63, 3.8) is 0 Å². The SMILES string of the molecule is COc1ccc(C)cc1-c1c(N)n[nH]c1-c1cnc(C)s1. The second kappa shape index (κ2) is 5.21. The van der Waals surface area contributed by atoms with E-state index in [1.165, 1.54) is 0 Å². The minimum Gasteiger partial charge on any atom is -0.496 e. The van der Waals surface area contributed by atoms with Gasteiger partial charge in [-0.15, -0.1) is 11.3 Å². The largest absolute Gasteiger partial charge is 0.496 e. The second-order valence-corrected chi connectivity index (χ2v) is 6.04. The lowest BCUT2D eigenvalue weighted by atomic mass is 10.0. The maximum absolute atomic E-state index is 6.08. The minimum atomic E-state index is 0.458. The number of H-pyrrole nitrogens is 1. The zero-order valence-corrected chi connectivity index (χ0v) is 12.9. The third kappa shape index (κ3) is 2.38. The number of benzene rings is 1. The summed E-state index contributed by atoms with van der Waals surface area (Å²) in [4.78, 5) is 5.31. The highest BCUT2D eigenvalue weighted by Gasteiger charge is 2.19. The molecule has 5 nitrogen and oxygen atoms in total. The number of nitrogens with zero attached hydrogens (tertiary/aromatic N) is 2. The van der Waals surface area contributed by atoms with Gasteiger partial charge in [0.1, 0.15) is 5.75 Å². The molecule has 0 atom stereocenters. The first-order valence-electron chi connectivity index (χ1n) is 6.52. The lowest BCUT2D eigenvalue weighted by Crippen LogP contribution is -1.93. The van der Waals surface area contributed by atoms with E-state index in [1.807, 2.05) is 32.2 Å². The lowest BCUT2D eigenvalue weighted by molar-refractivity contribution is 0.416. The number of aromatic amines is 1. The number of nitrogens with one attached hydrogen (secondary N) is 1. The Morgan fingerprint density at radius 1 is 1.29 bits per heavy atom. The average Bonchev–Trinajstić information content (AvgIpc) is 3.04. The van der Waals surface area contributed by atoms with E-state index < -0.39 is 0 Å². The van der Waals surface area contributed by atoms with E-state index in [9.17, 15) is 0 Å². The number of aromatic nitrogens is 3. The Balaban J connectivity index is 2.24. The van der Waals surface area contributed by atoms with Crippen LogP contribution in [-0.4, -0.2) is 22.3 Å². The summed E-state index contributed by atoms with van der Waals surface area (Å²) in [6, 6.07) is 6.01. The average molecular weight is 300 g/mol. The summed E-state index contributed by atoms with van der Waals surface area (Å²) in [7, 11) is 1.65. The Labute approximate surface area is 126 Å². The van der Waals surface area contributed by atoms with Crippen molar-refractivity contribution in [1.29, 1.82) is 0 Å². The molecular weight excluding hydrogens is 284 g/mol. The van der Waals surface area contributed by atoms with Gasteiger partial charge in [0.2, 0.25) is 0 Å². The van der Waals surface area contributed by atoms with Crippen molar-refractivity contribution in [1.82, 2.24) is 15.2 Å². The van der Waals surface area contributed by atoms with Crippen LogP contribution in [-0.2, 0) is 0 Å². The second-order valence-electron chi connectivity index (χ2n) is 4.81. The number of rotatable bonds is 3. The first-order chi connectivity index (χ1) is 10.1. The van der Waals surface area contributed by atoms with E-state index in [4.69, 9.17) is 10.5 Å². The molecule has 0 aliphatic heterocycles. The Hall–Kier alpha value is -2.34. The zero-order chi connectivity index (χ0) is 15.0. The molecule has 1 aromatic carbocycles. The van der Waals surface area contributed by atoms with Crippen molar-refractivity contribution < 1.29 is 4.74 Å². The Morgan fingerprint density at radius 2 is 2.10 bits per heavy atom. The molecule has 2 aromatic heterocycles. The maximum atomic E-state index is 6.08. The van der Waals surface area contributed by atoms with Crippen LogP contribution in [0.25, 0.3) is 21.7 Å². The lowest BCUT2D eigenvalue weighted by Gasteiger charge is -2.10. The number of methoxy groups -OCH3 is 1.